The highest BCUT2D eigenvalue weighted by Gasteiger charge is 2.16. The average Bonchev–Trinajstić information content (AvgIpc) is 2.95. The molecular weight excluding hydrogens is 278 g/mol. The van der Waals surface area contributed by atoms with Gasteiger partial charge in [0.05, 0.1) is 11.5 Å². The van der Waals surface area contributed by atoms with Crippen molar-refractivity contribution in [1.82, 2.24) is 0 Å². The van der Waals surface area contributed by atoms with Crippen LogP contribution in [0, 0.1) is 10.1 Å². The summed E-state index contributed by atoms with van der Waals surface area (Å²) in [5.74, 6) is 2.04. The number of non-ortho nitro benzene ring substituents is 1. The van der Waals surface area contributed by atoms with Crippen LogP contribution < -0.4 is 14.2 Å². The number of aliphatic hydroxyl groups excluding tert-OH is 1. The molecule has 0 bridgehead atoms. The number of nitro benzene ring substituents is 1. The van der Waals surface area contributed by atoms with Gasteiger partial charge in [-0.2, -0.15) is 0 Å². The Balaban J connectivity index is 1.89. The van der Waals surface area contributed by atoms with Crippen molar-refractivity contribution >= 4 is 5.69 Å². The molecule has 0 aromatic heterocycles. The standard InChI is InChI=1S/C14H11NO6/c16-7-9-5-10(15(17)18)1-3-12(9)21-11-2-4-13-14(6-11)20-8-19-13/h1-6,16H,7-8H2. The Labute approximate surface area is 119 Å². The van der Waals surface area contributed by atoms with Gasteiger partial charge in [-0.3, -0.25) is 10.1 Å². The van der Waals surface area contributed by atoms with Crippen LogP contribution in [-0.2, 0) is 6.61 Å². The number of nitro groups is 1. The SMILES string of the molecule is O=[N+]([O-])c1ccc(Oc2ccc3c(c2)OCO3)c(CO)c1. The Kier molecular flexibility index (Phi) is 3.33. The maximum atomic E-state index is 10.7. The molecule has 0 atom stereocenters. The molecule has 2 aromatic carbocycles. The summed E-state index contributed by atoms with van der Waals surface area (Å²) in [5, 5.41) is 20.0. The van der Waals surface area contributed by atoms with Crippen molar-refractivity contribution in [2.75, 3.05) is 6.79 Å². The molecule has 7 nitrogen and oxygen atoms in total. The minimum absolute atomic E-state index is 0.0999. The number of aliphatic hydroxyl groups is 1. The molecule has 1 N–H and O–H groups in total. The van der Waals surface area contributed by atoms with Gasteiger partial charge in [0.2, 0.25) is 6.79 Å². The van der Waals surface area contributed by atoms with Gasteiger partial charge in [-0.1, -0.05) is 0 Å². The molecule has 3 rings (SSSR count). The smallest absolute Gasteiger partial charge is 0.270 e. The molecule has 21 heavy (non-hydrogen) atoms. The molecule has 108 valence electrons. The molecule has 1 aliphatic heterocycles. The largest absolute Gasteiger partial charge is 0.457 e. The fraction of sp³-hybridized carbons (Fsp3) is 0.143. The van der Waals surface area contributed by atoms with Crippen LogP contribution in [0.4, 0.5) is 5.69 Å². The van der Waals surface area contributed by atoms with Crippen LogP contribution >= 0.6 is 0 Å². The van der Waals surface area contributed by atoms with Crippen molar-refractivity contribution in [3.8, 4) is 23.0 Å². The molecule has 0 saturated heterocycles. The Morgan fingerprint density at radius 2 is 2.00 bits per heavy atom. The minimum atomic E-state index is -0.524. The van der Waals surface area contributed by atoms with E-state index in [4.69, 9.17) is 14.2 Å². The first kappa shape index (κ1) is 13.2. The summed E-state index contributed by atoms with van der Waals surface area (Å²) in [6.45, 7) is -0.195. The Morgan fingerprint density at radius 3 is 2.76 bits per heavy atom. The van der Waals surface area contributed by atoms with E-state index < -0.39 is 4.92 Å². The zero-order chi connectivity index (χ0) is 14.8. The molecule has 0 aliphatic carbocycles. The monoisotopic (exact) mass is 289 g/mol. The second-order valence-electron chi connectivity index (χ2n) is 4.32. The van der Waals surface area contributed by atoms with Gasteiger partial charge in [0.25, 0.3) is 5.69 Å². The number of hydrogen-bond donors (Lipinski definition) is 1. The third kappa shape index (κ3) is 2.59. The Bertz CT molecular complexity index is 700. The Morgan fingerprint density at radius 1 is 1.19 bits per heavy atom. The first-order valence-electron chi connectivity index (χ1n) is 6.13. The highest BCUT2D eigenvalue weighted by Crippen LogP contribution is 2.37. The van der Waals surface area contributed by atoms with Crippen LogP contribution in [0.2, 0.25) is 0 Å². The first-order chi connectivity index (χ1) is 10.2. The predicted octanol–water partition coefficient (Wildman–Crippen LogP) is 2.61. The van der Waals surface area contributed by atoms with Crippen LogP contribution in [0.5, 0.6) is 23.0 Å². The fourth-order valence-electron chi connectivity index (χ4n) is 1.97. The van der Waals surface area contributed by atoms with Gasteiger partial charge in [-0.05, 0) is 18.2 Å². The second kappa shape index (κ2) is 5.29. The van der Waals surface area contributed by atoms with E-state index in [0.29, 0.717) is 28.6 Å². The van der Waals surface area contributed by atoms with E-state index in [0.717, 1.165) is 0 Å². The van der Waals surface area contributed by atoms with Crippen LogP contribution in [0.25, 0.3) is 0 Å². The zero-order valence-corrected chi connectivity index (χ0v) is 10.8. The van der Waals surface area contributed by atoms with Gasteiger partial charge in [-0.15, -0.1) is 0 Å². The van der Waals surface area contributed by atoms with Gasteiger partial charge in [-0.25, -0.2) is 0 Å². The molecule has 1 aliphatic rings. The third-order valence-corrected chi connectivity index (χ3v) is 3.00. The van der Waals surface area contributed by atoms with E-state index in [2.05, 4.69) is 0 Å². The lowest BCUT2D eigenvalue weighted by Gasteiger charge is -2.10. The highest BCUT2D eigenvalue weighted by atomic mass is 16.7. The molecule has 0 spiro atoms. The lowest BCUT2D eigenvalue weighted by atomic mass is 10.2. The maximum Gasteiger partial charge on any atom is 0.270 e. The average molecular weight is 289 g/mol. The van der Waals surface area contributed by atoms with Crippen molar-refractivity contribution in [2.24, 2.45) is 0 Å². The van der Waals surface area contributed by atoms with E-state index in [1.165, 1.54) is 18.2 Å². The lowest BCUT2D eigenvalue weighted by molar-refractivity contribution is -0.385. The van der Waals surface area contributed by atoms with Crippen LogP contribution in [0.15, 0.2) is 36.4 Å². The topological polar surface area (TPSA) is 91.1 Å². The van der Waals surface area contributed by atoms with Gasteiger partial charge in [0.1, 0.15) is 11.5 Å². The molecule has 0 unspecified atom stereocenters. The van der Waals surface area contributed by atoms with Crippen molar-refractivity contribution in [2.45, 2.75) is 6.61 Å². The summed E-state index contributed by atoms with van der Waals surface area (Å²) in [5.41, 5.74) is 0.235. The van der Waals surface area contributed by atoms with Gasteiger partial charge in [0.15, 0.2) is 11.5 Å². The van der Waals surface area contributed by atoms with Crippen molar-refractivity contribution in [1.29, 1.82) is 0 Å². The quantitative estimate of drug-likeness (QED) is 0.687. The van der Waals surface area contributed by atoms with Gasteiger partial charge >= 0.3 is 0 Å². The molecule has 7 heteroatoms. The number of ether oxygens (including phenoxy) is 3. The summed E-state index contributed by atoms with van der Waals surface area (Å²) in [7, 11) is 0. The maximum absolute atomic E-state index is 10.7. The predicted molar refractivity (Wildman–Crippen MR) is 71.7 cm³/mol. The van der Waals surface area contributed by atoms with E-state index in [1.54, 1.807) is 18.2 Å². The molecular formula is C14H11NO6. The number of fused-ring (bicyclic) bond motifs is 1. The molecule has 0 amide bonds. The van der Waals surface area contributed by atoms with Gasteiger partial charge in [0, 0.05) is 23.8 Å². The van der Waals surface area contributed by atoms with E-state index in [9.17, 15) is 15.2 Å². The summed E-state index contributed by atoms with van der Waals surface area (Å²) in [4.78, 5) is 10.2. The summed E-state index contributed by atoms with van der Waals surface area (Å²) in [6.07, 6.45) is 0. The number of nitrogens with zero attached hydrogens (tertiary/aromatic N) is 1. The third-order valence-electron chi connectivity index (χ3n) is 3.00. The summed E-state index contributed by atoms with van der Waals surface area (Å²) in [6, 6.07) is 9.11. The highest BCUT2D eigenvalue weighted by molar-refractivity contribution is 5.50. The lowest BCUT2D eigenvalue weighted by Crippen LogP contribution is -1.95. The van der Waals surface area contributed by atoms with E-state index in [1.807, 2.05) is 0 Å². The van der Waals surface area contributed by atoms with Crippen LogP contribution in [0.3, 0.4) is 0 Å². The minimum Gasteiger partial charge on any atom is -0.457 e. The fourth-order valence-corrected chi connectivity index (χ4v) is 1.97. The molecule has 0 radical (unpaired) electrons. The van der Waals surface area contributed by atoms with E-state index >= 15 is 0 Å². The molecule has 1 heterocycles. The molecule has 2 aromatic rings. The number of rotatable bonds is 4. The molecule has 0 fully saturated rings. The second-order valence-corrected chi connectivity index (χ2v) is 4.32. The number of hydrogen-bond acceptors (Lipinski definition) is 6. The Hall–Kier alpha value is -2.80. The first-order valence-corrected chi connectivity index (χ1v) is 6.13. The summed E-state index contributed by atoms with van der Waals surface area (Å²) >= 11 is 0. The van der Waals surface area contributed by atoms with Gasteiger partial charge < -0.3 is 19.3 Å². The number of benzene rings is 2. The van der Waals surface area contributed by atoms with Crippen LogP contribution in [0.1, 0.15) is 5.56 Å². The van der Waals surface area contributed by atoms with Crippen LogP contribution in [-0.4, -0.2) is 16.8 Å². The van der Waals surface area contributed by atoms with Crippen molar-refractivity contribution in [3.63, 3.8) is 0 Å². The van der Waals surface area contributed by atoms with Crippen molar-refractivity contribution < 1.29 is 24.2 Å². The van der Waals surface area contributed by atoms with Crippen molar-refractivity contribution in [3.05, 3.63) is 52.1 Å². The summed E-state index contributed by atoms with van der Waals surface area (Å²) < 4.78 is 16.1. The zero-order valence-electron chi connectivity index (χ0n) is 10.8. The molecule has 0 saturated carbocycles. The normalized spacial score (nSPS) is 12.2. The van der Waals surface area contributed by atoms with E-state index in [-0.39, 0.29) is 19.1 Å².